The van der Waals surface area contributed by atoms with Crippen molar-refractivity contribution in [3.05, 3.63) is 70.8 Å². The average molecular weight is 399 g/mol. The zero-order chi connectivity index (χ0) is 20.3. The summed E-state index contributed by atoms with van der Waals surface area (Å²) in [6.45, 7) is 6.72. The van der Waals surface area contributed by atoms with Gasteiger partial charge in [0.1, 0.15) is 6.17 Å². The summed E-state index contributed by atoms with van der Waals surface area (Å²) >= 11 is 0. The van der Waals surface area contributed by atoms with E-state index in [0.717, 1.165) is 13.1 Å². The van der Waals surface area contributed by atoms with Crippen LogP contribution in [0.25, 0.3) is 0 Å². The summed E-state index contributed by atoms with van der Waals surface area (Å²) in [5.41, 5.74) is 9.02. The fourth-order valence-electron chi connectivity index (χ4n) is 8.03. The first kappa shape index (κ1) is 17.4. The number of allylic oxidation sites excluding steroid dienone is 1. The van der Waals surface area contributed by atoms with E-state index in [0.29, 0.717) is 18.4 Å². The summed E-state index contributed by atoms with van der Waals surface area (Å²) in [5.74, 6) is 0. The maximum Gasteiger partial charge on any atom is 0.110 e. The molecule has 6 aliphatic rings. The predicted octanol–water partition coefficient (Wildman–Crippen LogP) is 4.11. The minimum atomic E-state index is 0.0942. The number of nitrogens with zero attached hydrogens (tertiary/aromatic N) is 2. The van der Waals surface area contributed by atoms with Gasteiger partial charge in [0.05, 0.1) is 17.6 Å². The number of anilines is 2. The zero-order valence-corrected chi connectivity index (χ0v) is 18.1. The maximum atomic E-state index is 4.02. The molecule has 2 fully saturated rings. The molecular weight excluding hydrogens is 368 g/mol. The third-order valence-corrected chi connectivity index (χ3v) is 8.84. The largest absolute Gasteiger partial charge is 0.364 e. The summed E-state index contributed by atoms with van der Waals surface area (Å²) in [7, 11) is 2.30. The molecule has 0 amide bonds. The van der Waals surface area contributed by atoms with Crippen molar-refractivity contribution in [2.45, 2.75) is 55.9 Å². The highest BCUT2D eigenvalue weighted by molar-refractivity contribution is 5.77. The van der Waals surface area contributed by atoms with Crippen molar-refractivity contribution in [3.8, 4) is 0 Å². The van der Waals surface area contributed by atoms with Crippen molar-refractivity contribution < 1.29 is 0 Å². The van der Waals surface area contributed by atoms with E-state index in [-0.39, 0.29) is 10.8 Å². The van der Waals surface area contributed by atoms with Gasteiger partial charge in [0.15, 0.2) is 0 Å². The van der Waals surface area contributed by atoms with Crippen LogP contribution in [0.3, 0.4) is 0 Å². The van der Waals surface area contributed by atoms with Crippen molar-refractivity contribution in [1.82, 2.24) is 10.2 Å². The van der Waals surface area contributed by atoms with Gasteiger partial charge in [0.25, 0.3) is 0 Å². The Morgan fingerprint density at radius 2 is 1.90 bits per heavy atom. The van der Waals surface area contributed by atoms with E-state index in [2.05, 4.69) is 89.9 Å². The SMILES string of the molecule is CC(C)=C[C@@H]1c2cccc3c2[C@]24CCN1[C@H]1NCC[C@]12c1ccccc1N[C@@H]4N3C. The highest BCUT2D eigenvalue weighted by atomic mass is 15.4. The molecule has 2 saturated heterocycles. The monoisotopic (exact) mass is 398 g/mol. The van der Waals surface area contributed by atoms with Crippen molar-refractivity contribution in [2.75, 3.05) is 30.4 Å². The van der Waals surface area contributed by atoms with Crippen LogP contribution < -0.4 is 15.5 Å². The Balaban J connectivity index is 1.65. The van der Waals surface area contributed by atoms with Gasteiger partial charge in [-0.1, -0.05) is 42.0 Å². The Bertz CT molecular complexity index is 1100. The van der Waals surface area contributed by atoms with Gasteiger partial charge >= 0.3 is 0 Å². The molecule has 2 aromatic rings. The smallest absolute Gasteiger partial charge is 0.110 e. The highest BCUT2D eigenvalue weighted by Crippen LogP contribution is 2.69. The van der Waals surface area contributed by atoms with Gasteiger partial charge < -0.3 is 15.5 Å². The average Bonchev–Trinajstić information content (AvgIpc) is 3.24. The van der Waals surface area contributed by atoms with Crippen LogP contribution in [0.5, 0.6) is 0 Å². The van der Waals surface area contributed by atoms with Crippen molar-refractivity contribution in [1.29, 1.82) is 0 Å². The maximum absolute atomic E-state index is 4.02. The first-order valence-electron chi connectivity index (χ1n) is 11.5. The van der Waals surface area contributed by atoms with Crippen LogP contribution in [0.15, 0.2) is 54.1 Å². The normalized spacial score (nSPS) is 39.0. The number of likely N-dealkylation sites (N-methyl/N-ethyl adjacent to an activating group) is 1. The van der Waals surface area contributed by atoms with Crippen LogP contribution in [0.2, 0.25) is 0 Å². The van der Waals surface area contributed by atoms with Crippen LogP contribution in [0, 0.1) is 0 Å². The second-order valence-electron chi connectivity index (χ2n) is 10.2. The number of piperidine rings is 1. The van der Waals surface area contributed by atoms with Crippen molar-refractivity contribution in [3.63, 3.8) is 0 Å². The molecule has 154 valence electrons. The van der Waals surface area contributed by atoms with Crippen LogP contribution in [0.4, 0.5) is 11.4 Å². The van der Waals surface area contributed by atoms with Gasteiger partial charge in [0.2, 0.25) is 0 Å². The molecular formula is C26H30N4. The molecule has 8 rings (SSSR count). The minimum absolute atomic E-state index is 0.0942. The lowest BCUT2D eigenvalue weighted by Gasteiger charge is -2.61. The lowest BCUT2D eigenvalue weighted by Crippen LogP contribution is -2.72. The third kappa shape index (κ3) is 1.68. The number of rotatable bonds is 1. The van der Waals surface area contributed by atoms with E-state index >= 15 is 0 Å². The van der Waals surface area contributed by atoms with Gasteiger partial charge in [-0.15, -0.1) is 0 Å². The lowest BCUT2D eigenvalue weighted by molar-refractivity contribution is -0.00448. The summed E-state index contributed by atoms with van der Waals surface area (Å²) in [5, 5.41) is 8.02. The quantitative estimate of drug-likeness (QED) is 0.708. The standard InChI is InChI=1S/C26H30N4/c1-16(2)15-21-17-7-6-10-20-22(17)26-12-14-30(21)23-25(26,11-13-27-23)18-8-4-5-9-19(18)28-24(26)29(20)3/h4-10,15,21,23-24,27-28H,11-14H2,1-3H3/t21-,23-,24-,25+,26+/m1/s1. The molecule has 1 unspecified atom stereocenters. The lowest BCUT2D eigenvalue weighted by atomic mass is 9.50. The zero-order valence-electron chi connectivity index (χ0n) is 18.1. The molecule has 0 aromatic heterocycles. The number of hydrogen-bond acceptors (Lipinski definition) is 4. The highest BCUT2D eigenvalue weighted by Gasteiger charge is 2.73. The minimum Gasteiger partial charge on any atom is -0.364 e. The van der Waals surface area contributed by atoms with Crippen molar-refractivity contribution in [2.24, 2.45) is 0 Å². The van der Waals surface area contributed by atoms with Gasteiger partial charge in [-0.3, -0.25) is 4.90 Å². The summed E-state index contributed by atoms with van der Waals surface area (Å²) in [6, 6.07) is 16.5. The summed E-state index contributed by atoms with van der Waals surface area (Å²) < 4.78 is 0. The fourth-order valence-corrected chi connectivity index (χ4v) is 8.03. The van der Waals surface area contributed by atoms with Crippen molar-refractivity contribution >= 4 is 11.4 Å². The first-order chi connectivity index (χ1) is 14.6. The van der Waals surface area contributed by atoms with Gasteiger partial charge in [-0.2, -0.15) is 0 Å². The van der Waals surface area contributed by atoms with Crippen LogP contribution in [0.1, 0.15) is 49.4 Å². The van der Waals surface area contributed by atoms with E-state index in [1.54, 1.807) is 5.56 Å². The molecule has 4 nitrogen and oxygen atoms in total. The Morgan fingerprint density at radius 1 is 1.03 bits per heavy atom. The van der Waals surface area contributed by atoms with Crippen LogP contribution in [-0.4, -0.2) is 37.4 Å². The van der Waals surface area contributed by atoms with Crippen LogP contribution >= 0.6 is 0 Å². The Morgan fingerprint density at radius 3 is 2.77 bits per heavy atom. The molecule has 2 bridgehead atoms. The molecule has 2 aromatic carbocycles. The fraction of sp³-hybridized carbons (Fsp3) is 0.462. The van der Waals surface area contributed by atoms with Gasteiger partial charge in [-0.05, 0) is 62.1 Å². The van der Waals surface area contributed by atoms with Gasteiger partial charge in [-0.25, -0.2) is 0 Å². The Kier molecular flexibility index (Phi) is 3.18. The van der Waals surface area contributed by atoms with E-state index in [1.807, 2.05) is 0 Å². The molecule has 30 heavy (non-hydrogen) atoms. The number of benzene rings is 2. The Labute approximate surface area is 178 Å². The summed E-state index contributed by atoms with van der Waals surface area (Å²) in [6.07, 6.45) is 5.58. The molecule has 6 atom stereocenters. The first-order valence-corrected chi connectivity index (χ1v) is 11.5. The molecule has 4 heteroatoms. The summed E-state index contributed by atoms with van der Waals surface area (Å²) in [4.78, 5) is 5.34. The predicted molar refractivity (Wildman–Crippen MR) is 122 cm³/mol. The molecule has 2 N–H and O–H groups in total. The molecule has 2 spiro atoms. The van der Waals surface area contributed by atoms with Crippen LogP contribution in [-0.2, 0) is 10.8 Å². The second kappa shape index (κ2) is 5.49. The molecule has 0 radical (unpaired) electrons. The third-order valence-electron chi connectivity index (χ3n) is 8.84. The number of hydrogen-bond donors (Lipinski definition) is 2. The molecule has 6 aliphatic heterocycles. The molecule has 6 heterocycles. The van der Waals surface area contributed by atoms with E-state index in [4.69, 9.17) is 0 Å². The number of para-hydroxylation sites is 1. The van der Waals surface area contributed by atoms with E-state index in [9.17, 15) is 0 Å². The second-order valence-corrected chi connectivity index (χ2v) is 10.2. The number of nitrogens with one attached hydrogen (secondary N) is 2. The van der Waals surface area contributed by atoms with E-state index in [1.165, 1.54) is 40.9 Å². The number of fused-ring (bicyclic) bond motifs is 2. The molecule has 0 saturated carbocycles. The van der Waals surface area contributed by atoms with Gasteiger partial charge in [0, 0.05) is 30.4 Å². The van der Waals surface area contributed by atoms with E-state index < -0.39 is 0 Å². The molecule has 0 aliphatic carbocycles. The Hall–Kier alpha value is -2.30. The topological polar surface area (TPSA) is 30.5 Å².